The lowest BCUT2D eigenvalue weighted by Gasteiger charge is -2.22. The van der Waals surface area contributed by atoms with Gasteiger partial charge in [-0.15, -0.1) is 39.5 Å². The van der Waals surface area contributed by atoms with E-state index in [1.807, 2.05) is 0 Å². The van der Waals surface area contributed by atoms with Crippen molar-refractivity contribution in [3.8, 4) is 17.2 Å². The molecule has 0 bridgehead atoms. The summed E-state index contributed by atoms with van der Waals surface area (Å²) in [5.74, 6) is -7.32. The van der Waals surface area contributed by atoms with Gasteiger partial charge < -0.3 is 25.1 Å². The van der Waals surface area contributed by atoms with E-state index in [1.54, 1.807) is 0 Å². The predicted octanol–water partition coefficient (Wildman–Crippen LogP) is 5.00. The van der Waals surface area contributed by atoms with Gasteiger partial charge in [-0.2, -0.15) is 0 Å². The molecule has 0 spiro atoms. The molecule has 0 fully saturated rings. The Morgan fingerprint density at radius 2 is 1.41 bits per heavy atom. The first-order chi connectivity index (χ1) is 14.4. The second kappa shape index (κ2) is 10.4. The largest absolute Gasteiger partial charge is 0.573 e. The van der Waals surface area contributed by atoms with Crippen molar-refractivity contribution < 1.29 is 63.6 Å². The second-order valence-corrected chi connectivity index (χ2v) is 6.66. The number of hydrogen-bond acceptors (Lipinski definition) is 5. The number of aliphatic carboxylic acids is 1. The van der Waals surface area contributed by atoms with Crippen molar-refractivity contribution in [2.24, 2.45) is 17.6 Å². The molecule has 32 heavy (non-hydrogen) atoms. The van der Waals surface area contributed by atoms with Gasteiger partial charge in [-0.05, 0) is 37.3 Å². The first-order valence-electron chi connectivity index (χ1n) is 8.77. The van der Waals surface area contributed by atoms with E-state index < -0.39 is 66.1 Å². The number of nitrogens with two attached hydrogens (primary N) is 1. The number of alkyl halides is 9. The molecule has 2 atom stereocenters. The van der Waals surface area contributed by atoms with Crippen LogP contribution in [0.25, 0.3) is 0 Å². The van der Waals surface area contributed by atoms with Crippen LogP contribution in [0.3, 0.4) is 0 Å². The van der Waals surface area contributed by atoms with Crippen LogP contribution in [-0.2, 0) is 11.2 Å². The SMILES string of the molecule is CC(CCc1c(OC(F)(F)F)ccc(OC(F)(F)F)c1OC(F)(F)F)CC(CN)C(=O)O. The van der Waals surface area contributed by atoms with Gasteiger partial charge in [-0.25, -0.2) is 0 Å². The molecule has 1 aromatic rings. The van der Waals surface area contributed by atoms with Crippen LogP contribution in [0.15, 0.2) is 12.1 Å². The highest BCUT2D eigenvalue weighted by Crippen LogP contribution is 2.44. The second-order valence-electron chi connectivity index (χ2n) is 6.66. The number of hydrogen-bond donors (Lipinski definition) is 2. The minimum absolute atomic E-state index is 0.0878. The summed E-state index contributed by atoms with van der Waals surface area (Å²) in [5, 5.41) is 9.00. The van der Waals surface area contributed by atoms with Crippen LogP contribution >= 0.6 is 0 Å². The highest BCUT2D eigenvalue weighted by atomic mass is 19.4. The number of carboxylic acids is 1. The van der Waals surface area contributed by atoms with Crippen LogP contribution in [0.5, 0.6) is 17.2 Å². The zero-order valence-corrected chi connectivity index (χ0v) is 16.2. The van der Waals surface area contributed by atoms with E-state index in [1.165, 1.54) is 6.92 Å². The fourth-order valence-corrected chi connectivity index (χ4v) is 2.77. The third-order valence-corrected chi connectivity index (χ3v) is 4.06. The Balaban J connectivity index is 3.40. The number of carboxylic acid groups (broad SMARTS) is 1. The van der Waals surface area contributed by atoms with Crippen LogP contribution in [0.1, 0.15) is 25.3 Å². The fraction of sp³-hybridized carbons (Fsp3) is 0.588. The molecule has 6 nitrogen and oxygen atoms in total. The molecule has 15 heteroatoms. The van der Waals surface area contributed by atoms with E-state index in [2.05, 4.69) is 14.2 Å². The molecular formula is C17H18F9NO5. The zero-order valence-electron chi connectivity index (χ0n) is 16.2. The summed E-state index contributed by atoms with van der Waals surface area (Å²) in [4.78, 5) is 11.0. The summed E-state index contributed by atoms with van der Waals surface area (Å²) in [6.07, 6.45) is -17.4. The lowest BCUT2D eigenvalue weighted by molar-refractivity contribution is -0.288. The van der Waals surface area contributed by atoms with Crippen LogP contribution < -0.4 is 19.9 Å². The molecule has 0 saturated heterocycles. The molecule has 1 aromatic carbocycles. The lowest BCUT2D eigenvalue weighted by Crippen LogP contribution is -2.25. The summed E-state index contributed by atoms with van der Waals surface area (Å²) >= 11 is 0. The van der Waals surface area contributed by atoms with Gasteiger partial charge in [0.25, 0.3) is 0 Å². The molecule has 0 heterocycles. The average Bonchev–Trinajstić information content (AvgIpc) is 2.57. The standard InChI is InChI=1S/C17H18F9NO5/c1-8(6-9(7-27)14(28)29)2-3-10-11(30-15(18,19)20)4-5-12(31-16(21,22)23)13(10)32-17(24,25)26/h4-5,8-9H,2-3,6-7,27H2,1H3,(H,28,29). The highest BCUT2D eigenvalue weighted by Gasteiger charge is 2.40. The van der Waals surface area contributed by atoms with E-state index in [0.717, 1.165) is 0 Å². The highest BCUT2D eigenvalue weighted by molar-refractivity contribution is 5.70. The first-order valence-corrected chi connectivity index (χ1v) is 8.77. The normalized spacial score (nSPS) is 14.6. The Bertz CT molecular complexity index is 777. The smallest absolute Gasteiger partial charge is 0.481 e. The molecule has 0 aromatic heterocycles. The number of rotatable bonds is 10. The van der Waals surface area contributed by atoms with Crippen molar-refractivity contribution in [2.75, 3.05) is 6.54 Å². The Morgan fingerprint density at radius 3 is 1.84 bits per heavy atom. The minimum Gasteiger partial charge on any atom is -0.481 e. The Hall–Kier alpha value is -2.58. The molecule has 0 aliphatic rings. The summed E-state index contributed by atoms with van der Waals surface area (Å²) in [6.45, 7) is 1.16. The van der Waals surface area contributed by atoms with Gasteiger partial charge >= 0.3 is 25.1 Å². The van der Waals surface area contributed by atoms with Crippen molar-refractivity contribution in [3.05, 3.63) is 17.7 Å². The molecule has 0 saturated carbocycles. The quantitative estimate of drug-likeness (QED) is 0.452. The van der Waals surface area contributed by atoms with Gasteiger partial charge in [-0.1, -0.05) is 6.92 Å². The van der Waals surface area contributed by atoms with Gasteiger partial charge in [0.05, 0.1) is 5.92 Å². The minimum atomic E-state index is -5.57. The van der Waals surface area contributed by atoms with Crippen molar-refractivity contribution in [3.63, 3.8) is 0 Å². The van der Waals surface area contributed by atoms with E-state index >= 15 is 0 Å². The van der Waals surface area contributed by atoms with Crippen LogP contribution in [0.2, 0.25) is 0 Å². The van der Waals surface area contributed by atoms with E-state index in [0.29, 0.717) is 6.07 Å². The summed E-state index contributed by atoms with van der Waals surface area (Å²) in [5.41, 5.74) is 4.31. The van der Waals surface area contributed by atoms with Crippen molar-refractivity contribution in [1.29, 1.82) is 0 Å². The van der Waals surface area contributed by atoms with Crippen LogP contribution in [0.4, 0.5) is 39.5 Å². The van der Waals surface area contributed by atoms with Crippen LogP contribution in [-0.4, -0.2) is 36.7 Å². The number of halogens is 9. The molecule has 1 rings (SSSR count). The summed E-state index contributed by atoms with van der Waals surface area (Å²) in [6, 6.07) is 0.551. The molecule has 0 aliphatic carbocycles. The monoisotopic (exact) mass is 487 g/mol. The summed E-state index contributed by atoms with van der Waals surface area (Å²) < 4.78 is 125. The van der Waals surface area contributed by atoms with Gasteiger partial charge in [-0.3, -0.25) is 4.79 Å². The molecule has 184 valence electrons. The summed E-state index contributed by atoms with van der Waals surface area (Å²) in [7, 11) is 0. The molecule has 2 unspecified atom stereocenters. The number of benzene rings is 1. The molecule has 0 amide bonds. The Kier molecular flexibility index (Phi) is 8.89. The zero-order chi connectivity index (χ0) is 24.9. The van der Waals surface area contributed by atoms with Crippen molar-refractivity contribution in [2.45, 2.75) is 45.3 Å². The molecule has 3 N–H and O–H groups in total. The average molecular weight is 487 g/mol. The van der Waals surface area contributed by atoms with E-state index in [-0.39, 0.29) is 25.5 Å². The van der Waals surface area contributed by atoms with Gasteiger partial charge in [0.2, 0.25) is 0 Å². The maximum absolute atomic E-state index is 12.8. The fourth-order valence-electron chi connectivity index (χ4n) is 2.77. The van der Waals surface area contributed by atoms with Gasteiger partial charge in [0, 0.05) is 12.1 Å². The predicted molar refractivity (Wildman–Crippen MR) is 88.8 cm³/mol. The number of ether oxygens (including phenoxy) is 3. The molecular weight excluding hydrogens is 469 g/mol. The third kappa shape index (κ3) is 9.70. The topological polar surface area (TPSA) is 91.0 Å². The van der Waals surface area contributed by atoms with E-state index in [4.69, 9.17) is 10.8 Å². The maximum Gasteiger partial charge on any atom is 0.573 e. The van der Waals surface area contributed by atoms with Gasteiger partial charge in [0.1, 0.15) is 5.75 Å². The Labute approximate surface area is 175 Å². The van der Waals surface area contributed by atoms with Crippen LogP contribution in [0, 0.1) is 11.8 Å². The lowest BCUT2D eigenvalue weighted by atomic mass is 9.90. The van der Waals surface area contributed by atoms with Gasteiger partial charge in [0.15, 0.2) is 11.5 Å². The number of carbonyl (C=O) groups is 1. The Morgan fingerprint density at radius 1 is 0.938 bits per heavy atom. The van der Waals surface area contributed by atoms with Crippen molar-refractivity contribution in [1.82, 2.24) is 0 Å². The molecule has 0 aliphatic heterocycles. The first kappa shape index (κ1) is 27.5. The third-order valence-electron chi connectivity index (χ3n) is 4.06. The van der Waals surface area contributed by atoms with Crippen molar-refractivity contribution >= 4 is 5.97 Å². The maximum atomic E-state index is 12.8. The van der Waals surface area contributed by atoms with E-state index in [9.17, 15) is 44.3 Å². The molecule has 0 radical (unpaired) electrons.